The number of hydrogen-bond acceptors (Lipinski definition) is 4. The summed E-state index contributed by atoms with van der Waals surface area (Å²) in [5, 5.41) is 19.2. The number of nitrogens with one attached hydrogen (secondary N) is 2. The van der Waals surface area contributed by atoms with Crippen LogP contribution in [0.5, 0.6) is 0 Å². The van der Waals surface area contributed by atoms with Gasteiger partial charge in [-0.05, 0) is 0 Å². The van der Waals surface area contributed by atoms with Crippen molar-refractivity contribution in [3.63, 3.8) is 0 Å². The molecule has 0 atom stereocenters. The summed E-state index contributed by atoms with van der Waals surface area (Å²) in [5.74, 6) is -0.0693. The smallest absolute Gasteiger partial charge is 0.305 e. The third-order valence-electron chi connectivity index (χ3n) is 2.52. The van der Waals surface area contributed by atoms with Crippen LogP contribution in [0.25, 0.3) is 0 Å². The van der Waals surface area contributed by atoms with E-state index in [9.17, 15) is 4.79 Å². The molecule has 1 aromatic rings. The molecule has 2 rings (SSSR count). The van der Waals surface area contributed by atoms with E-state index in [2.05, 4.69) is 15.7 Å². The Hall–Kier alpha value is -1.56. The van der Waals surface area contributed by atoms with E-state index in [0.29, 0.717) is 13.1 Å². The van der Waals surface area contributed by atoms with E-state index in [1.807, 2.05) is 19.3 Å². The molecule has 0 radical (unpaired) electrons. The van der Waals surface area contributed by atoms with Crippen molar-refractivity contribution in [3.8, 4) is 0 Å². The Labute approximate surface area is 87.3 Å². The predicted molar refractivity (Wildman–Crippen MR) is 54.7 cm³/mol. The van der Waals surface area contributed by atoms with Crippen molar-refractivity contribution >= 4 is 11.8 Å². The second-order valence-electron chi connectivity index (χ2n) is 3.95. The number of hydrogen-bond donors (Lipinski definition) is 3. The SMILES string of the molecule is Cn1ccc(NC2(CC(=O)O)CNC2)n1. The minimum Gasteiger partial charge on any atom is -0.481 e. The summed E-state index contributed by atoms with van der Waals surface area (Å²) in [4.78, 5) is 10.7. The maximum atomic E-state index is 10.7. The Bertz CT molecular complexity index is 370. The molecule has 1 fully saturated rings. The van der Waals surface area contributed by atoms with E-state index < -0.39 is 5.97 Å². The van der Waals surface area contributed by atoms with Crippen molar-refractivity contribution in [1.29, 1.82) is 0 Å². The molecule has 0 amide bonds. The van der Waals surface area contributed by atoms with Gasteiger partial charge in [0.1, 0.15) is 5.82 Å². The van der Waals surface area contributed by atoms with E-state index in [-0.39, 0.29) is 12.0 Å². The first-order valence-electron chi connectivity index (χ1n) is 4.80. The van der Waals surface area contributed by atoms with Gasteiger partial charge in [0.25, 0.3) is 0 Å². The Balaban J connectivity index is 2.04. The van der Waals surface area contributed by atoms with Gasteiger partial charge < -0.3 is 15.7 Å². The van der Waals surface area contributed by atoms with E-state index in [4.69, 9.17) is 5.11 Å². The van der Waals surface area contributed by atoms with E-state index >= 15 is 0 Å². The zero-order valence-electron chi connectivity index (χ0n) is 8.53. The van der Waals surface area contributed by atoms with Crippen molar-refractivity contribution in [3.05, 3.63) is 12.3 Å². The number of rotatable bonds is 4. The molecule has 6 heteroatoms. The number of aromatic nitrogens is 2. The predicted octanol–water partition coefficient (Wildman–Crippen LogP) is -0.351. The zero-order valence-corrected chi connectivity index (χ0v) is 8.53. The number of carboxylic acid groups (broad SMARTS) is 1. The quantitative estimate of drug-likeness (QED) is 0.633. The monoisotopic (exact) mass is 210 g/mol. The summed E-state index contributed by atoms with van der Waals surface area (Å²) >= 11 is 0. The number of anilines is 1. The lowest BCUT2D eigenvalue weighted by Crippen LogP contribution is -2.65. The molecule has 6 nitrogen and oxygen atoms in total. The minimum atomic E-state index is -0.792. The average molecular weight is 210 g/mol. The molecule has 1 aromatic heterocycles. The van der Waals surface area contributed by atoms with Gasteiger partial charge in [0.2, 0.25) is 0 Å². The van der Waals surface area contributed by atoms with Gasteiger partial charge in [-0.15, -0.1) is 0 Å². The Morgan fingerprint density at radius 2 is 2.53 bits per heavy atom. The highest BCUT2D eigenvalue weighted by Gasteiger charge is 2.39. The van der Waals surface area contributed by atoms with Crippen LogP contribution in [0.15, 0.2) is 12.3 Å². The van der Waals surface area contributed by atoms with Crippen LogP contribution < -0.4 is 10.6 Å². The highest BCUT2D eigenvalue weighted by Crippen LogP contribution is 2.21. The first kappa shape index (κ1) is 9.97. The summed E-state index contributed by atoms with van der Waals surface area (Å²) in [6.07, 6.45) is 1.93. The molecule has 3 N–H and O–H groups in total. The van der Waals surface area contributed by atoms with Crippen molar-refractivity contribution in [1.82, 2.24) is 15.1 Å². The molecule has 0 saturated carbocycles. The van der Waals surface area contributed by atoms with Gasteiger partial charge in [-0.2, -0.15) is 5.10 Å². The topological polar surface area (TPSA) is 79.2 Å². The molecule has 82 valence electrons. The van der Waals surface area contributed by atoms with Gasteiger partial charge >= 0.3 is 5.97 Å². The lowest BCUT2D eigenvalue weighted by atomic mass is 9.88. The fourth-order valence-electron chi connectivity index (χ4n) is 1.73. The molecule has 1 aliphatic rings. The van der Waals surface area contributed by atoms with Crippen LogP contribution in [-0.2, 0) is 11.8 Å². The molecule has 0 aromatic carbocycles. The summed E-state index contributed by atoms with van der Waals surface area (Å²) in [6, 6.07) is 1.84. The number of carboxylic acids is 1. The Morgan fingerprint density at radius 3 is 2.93 bits per heavy atom. The highest BCUT2D eigenvalue weighted by atomic mass is 16.4. The van der Waals surface area contributed by atoms with Gasteiger partial charge in [0.15, 0.2) is 0 Å². The van der Waals surface area contributed by atoms with E-state index in [1.165, 1.54) is 0 Å². The first-order valence-corrected chi connectivity index (χ1v) is 4.80. The average Bonchev–Trinajstić information content (AvgIpc) is 2.46. The van der Waals surface area contributed by atoms with Crippen LogP contribution in [0.2, 0.25) is 0 Å². The zero-order chi connectivity index (χ0) is 10.9. The molecule has 0 bridgehead atoms. The molecule has 1 aliphatic heterocycles. The lowest BCUT2D eigenvalue weighted by molar-refractivity contribution is -0.138. The maximum Gasteiger partial charge on any atom is 0.305 e. The molecule has 15 heavy (non-hydrogen) atoms. The number of aryl methyl sites for hydroxylation is 1. The summed E-state index contributed by atoms with van der Waals surface area (Å²) in [5.41, 5.74) is -0.375. The molecule has 1 saturated heterocycles. The van der Waals surface area contributed by atoms with Crippen LogP contribution in [0.1, 0.15) is 6.42 Å². The Kier molecular flexibility index (Phi) is 2.36. The minimum absolute atomic E-state index is 0.108. The molecule has 2 heterocycles. The molecular weight excluding hydrogens is 196 g/mol. The number of nitrogens with zero attached hydrogens (tertiary/aromatic N) is 2. The second-order valence-corrected chi connectivity index (χ2v) is 3.95. The van der Waals surface area contributed by atoms with Crippen LogP contribution in [-0.4, -0.2) is 39.5 Å². The largest absolute Gasteiger partial charge is 0.481 e. The van der Waals surface area contributed by atoms with Crippen LogP contribution in [0.3, 0.4) is 0 Å². The first-order chi connectivity index (χ1) is 7.10. The molecule has 0 aliphatic carbocycles. The van der Waals surface area contributed by atoms with Gasteiger partial charge in [-0.3, -0.25) is 9.48 Å². The summed E-state index contributed by atoms with van der Waals surface area (Å²) < 4.78 is 1.68. The Morgan fingerprint density at radius 1 is 1.80 bits per heavy atom. The number of carbonyl (C=O) groups is 1. The standard InChI is InChI=1S/C9H14N4O2/c1-13-3-2-7(12-13)11-9(4-8(14)15)5-10-6-9/h2-3,10H,4-6H2,1H3,(H,11,12)(H,14,15). The van der Waals surface area contributed by atoms with Gasteiger partial charge in [-0.25, -0.2) is 0 Å². The van der Waals surface area contributed by atoms with Gasteiger partial charge in [-0.1, -0.05) is 0 Å². The van der Waals surface area contributed by atoms with Crippen molar-refractivity contribution < 1.29 is 9.90 Å². The van der Waals surface area contributed by atoms with Gasteiger partial charge in [0, 0.05) is 32.4 Å². The molecular formula is C9H14N4O2. The number of aliphatic carboxylic acids is 1. The van der Waals surface area contributed by atoms with Crippen LogP contribution >= 0.6 is 0 Å². The van der Waals surface area contributed by atoms with Crippen molar-refractivity contribution in [2.45, 2.75) is 12.0 Å². The van der Waals surface area contributed by atoms with E-state index in [1.54, 1.807) is 4.68 Å². The molecule has 0 spiro atoms. The second kappa shape index (κ2) is 3.54. The summed E-state index contributed by atoms with van der Waals surface area (Å²) in [6.45, 7) is 1.33. The third kappa shape index (κ3) is 2.10. The fourth-order valence-corrected chi connectivity index (χ4v) is 1.73. The van der Waals surface area contributed by atoms with Crippen LogP contribution in [0.4, 0.5) is 5.82 Å². The maximum absolute atomic E-state index is 10.7. The van der Waals surface area contributed by atoms with E-state index in [0.717, 1.165) is 5.82 Å². The van der Waals surface area contributed by atoms with Crippen molar-refractivity contribution in [2.75, 3.05) is 18.4 Å². The fraction of sp³-hybridized carbons (Fsp3) is 0.556. The third-order valence-corrected chi connectivity index (χ3v) is 2.52. The highest BCUT2D eigenvalue weighted by molar-refractivity contribution is 5.70. The van der Waals surface area contributed by atoms with Gasteiger partial charge in [0.05, 0.1) is 12.0 Å². The normalized spacial score (nSPS) is 18.2. The lowest BCUT2D eigenvalue weighted by Gasteiger charge is -2.42. The summed E-state index contributed by atoms with van der Waals surface area (Å²) in [7, 11) is 1.83. The van der Waals surface area contributed by atoms with Crippen LogP contribution in [0, 0.1) is 0 Å². The molecule has 0 unspecified atom stereocenters. The van der Waals surface area contributed by atoms with Crippen molar-refractivity contribution in [2.24, 2.45) is 7.05 Å².